The van der Waals surface area contributed by atoms with Crippen LogP contribution in [0.5, 0.6) is 11.5 Å². The molecule has 9 nitrogen and oxygen atoms in total. The molecule has 0 unspecified atom stereocenters. The molecule has 3 aliphatic rings. The second kappa shape index (κ2) is 7.66. The van der Waals surface area contributed by atoms with Crippen LogP contribution in [-0.4, -0.2) is 61.7 Å². The van der Waals surface area contributed by atoms with Crippen LogP contribution in [0, 0.1) is 0 Å². The third-order valence-electron chi connectivity index (χ3n) is 5.29. The summed E-state index contributed by atoms with van der Waals surface area (Å²) in [7, 11) is -3.15. The summed E-state index contributed by atoms with van der Waals surface area (Å²) >= 11 is 0. The second-order valence-corrected chi connectivity index (χ2v) is 9.67. The molecular weight excluding hydrogens is 398 g/mol. The van der Waals surface area contributed by atoms with Crippen molar-refractivity contribution in [2.45, 2.75) is 38.3 Å². The molecule has 3 heterocycles. The van der Waals surface area contributed by atoms with E-state index >= 15 is 0 Å². The molecule has 156 valence electrons. The highest BCUT2D eigenvalue weighted by molar-refractivity contribution is 7.91. The largest absolute Gasteiger partial charge is 0.486 e. The fourth-order valence-electron chi connectivity index (χ4n) is 3.68. The average molecular weight is 421 g/mol. The van der Waals surface area contributed by atoms with Gasteiger partial charge in [-0.05, 0) is 31.0 Å². The fraction of sp³-hybridized carbons (Fsp3) is 0.526. The average Bonchev–Trinajstić information content (AvgIpc) is 3.07. The number of nitrogens with zero attached hydrogens (tertiary/aromatic N) is 2. The van der Waals surface area contributed by atoms with Crippen LogP contribution < -0.4 is 14.8 Å². The van der Waals surface area contributed by atoms with Crippen LogP contribution in [-0.2, 0) is 19.4 Å². The normalized spacial score (nSPS) is 24.0. The number of benzene rings is 1. The summed E-state index contributed by atoms with van der Waals surface area (Å²) in [6.45, 7) is 2.84. The molecule has 10 heteroatoms. The lowest BCUT2D eigenvalue weighted by molar-refractivity contribution is -0.133. The minimum atomic E-state index is -3.15. The first-order chi connectivity index (χ1) is 13.8. The molecule has 1 fully saturated rings. The molecule has 2 atom stereocenters. The molecule has 1 aromatic carbocycles. The highest BCUT2D eigenvalue weighted by Crippen LogP contribution is 2.32. The van der Waals surface area contributed by atoms with E-state index in [9.17, 15) is 18.0 Å². The van der Waals surface area contributed by atoms with Gasteiger partial charge in [-0.3, -0.25) is 9.59 Å². The summed E-state index contributed by atoms with van der Waals surface area (Å²) in [5.74, 6) is 0.638. The van der Waals surface area contributed by atoms with E-state index in [1.54, 1.807) is 0 Å². The smallest absolute Gasteiger partial charge is 0.267 e. The van der Waals surface area contributed by atoms with E-state index < -0.39 is 15.9 Å². The van der Waals surface area contributed by atoms with Crippen molar-refractivity contribution in [2.24, 2.45) is 5.10 Å². The third kappa shape index (κ3) is 4.21. The van der Waals surface area contributed by atoms with E-state index in [4.69, 9.17) is 9.47 Å². The number of ether oxygens (including phenoxy) is 2. The number of carbonyl (C=O) groups is 2. The summed E-state index contributed by atoms with van der Waals surface area (Å²) in [4.78, 5) is 24.9. The summed E-state index contributed by atoms with van der Waals surface area (Å²) in [6.07, 6.45) is 0.718. The number of fused-ring (bicyclic) bond motifs is 1. The van der Waals surface area contributed by atoms with E-state index in [0.717, 1.165) is 5.56 Å². The molecule has 1 saturated heterocycles. The van der Waals surface area contributed by atoms with Crippen LogP contribution in [0.4, 0.5) is 0 Å². The maximum atomic E-state index is 12.7. The molecule has 0 bridgehead atoms. The predicted molar refractivity (Wildman–Crippen MR) is 105 cm³/mol. The Bertz CT molecular complexity index is 974. The molecule has 4 rings (SSSR count). The standard InChI is InChI=1S/C19H23N3O6S/c1-12(13-2-4-16-17(10-13)28-8-7-27-16)20-19(24)15-3-5-18(23)22(21-15)14-6-9-29(25,26)11-14/h2,4,10,12,14H,3,5-9,11H2,1H3,(H,20,24)/t12-,14-/m0/s1. The molecule has 1 N–H and O–H groups in total. The summed E-state index contributed by atoms with van der Waals surface area (Å²) in [5.41, 5.74) is 1.09. The van der Waals surface area contributed by atoms with Gasteiger partial charge in [-0.1, -0.05) is 6.07 Å². The van der Waals surface area contributed by atoms with Crippen molar-refractivity contribution in [3.63, 3.8) is 0 Å². The van der Waals surface area contributed by atoms with E-state index in [1.165, 1.54) is 5.01 Å². The Hall–Kier alpha value is -2.62. The quantitative estimate of drug-likeness (QED) is 0.769. The molecule has 1 aromatic rings. The van der Waals surface area contributed by atoms with E-state index in [1.807, 2.05) is 25.1 Å². The van der Waals surface area contributed by atoms with Gasteiger partial charge in [0.15, 0.2) is 21.3 Å². The zero-order chi connectivity index (χ0) is 20.6. The number of hydrazone groups is 1. The van der Waals surface area contributed by atoms with Crippen molar-refractivity contribution in [3.05, 3.63) is 23.8 Å². The Kier molecular flexibility index (Phi) is 5.20. The van der Waals surface area contributed by atoms with Crippen LogP contribution in [0.25, 0.3) is 0 Å². The first-order valence-electron chi connectivity index (χ1n) is 9.63. The Morgan fingerprint density at radius 1 is 1.24 bits per heavy atom. The van der Waals surface area contributed by atoms with Crippen molar-refractivity contribution in [1.82, 2.24) is 10.3 Å². The maximum Gasteiger partial charge on any atom is 0.267 e. The lowest BCUT2D eigenvalue weighted by atomic mass is 10.1. The SMILES string of the molecule is C[C@H](NC(=O)C1=NN([C@H]2CCS(=O)(=O)C2)C(=O)CC1)c1ccc2c(c1)OCCO2. The Morgan fingerprint density at radius 3 is 2.72 bits per heavy atom. The highest BCUT2D eigenvalue weighted by atomic mass is 32.2. The zero-order valence-electron chi connectivity index (χ0n) is 16.1. The highest BCUT2D eigenvalue weighted by Gasteiger charge is 2.37. The summed E-state index contributed by atoms with van der Waals surface area (Å²) in [6, 6.07) is 4.71. The topological polar surface area (TPSA) is 114 Å². The molecule has 29 heavy (non-hydrogen) atoms. The van der Waals surface area contributed by atoms with Crippen molar-refractivity contribution < 1.29 is 27.5 Å². The van der Waals surface area contributed by atoms with Gasteiger partial charge in [0.25, 0.3) is 5.91 Å². The molecule has 0 aliphatic carbocycles. The van der Waals surface area contributed by atoms with Gasteiger partial charge in [-0.25, -0.2) is 13.4 Å². The van der Waals surface area contributed by atoms with E-state index in [0.29, 0.717) is 31.1 Å². The fourth-order valence-corrected chi connectivity index (χ4v) is 5.37. The van der Waals surface area contributed by atoms with Crippen molar-refractivity contribution >= 4 is 27.4 Å². The minimum Gasteiger partial charge on any atom is -0.486 e. The minimum absolute atomic E-state index is 0.0413. The summed E-state index contributed by atoms with van der Waals surface area (Å²) in [5, 5.41) is 8.29. The van der Waals surface area contributed by atoms with Gasteiger partial charge in [0.05, 0.1) is 23.6 Å². The Balaban J connectivity index is 1.46. The van der Waals surface area contributed by atoms with Crippen molar-refractivity contribution in [3.8, 4) is 11.5 Å². The molecular formula is C19H23N3O6S. The van der Waals surface area contributed by atoms with Gasteiger partial charge < -0.3 is 14.8 Å². The monoisotopic (exact) mass is 421 g/mol. The molecule has 0 radical (unpaired) electrons. The number of hydrogen-bond donors (Lipinski definition) is 1. The molecule has 3 aliphatic heterocycles. The second-order valence-electron chi connectivity index (χ2n) is 7.44. The van der Waals surface area contributed by atoms with Crippen molar-refractivity contribution in [2.75, 3.05) is 24.7 Å². The first-order valence-corrected chi connectivity index (χ1v) is 11.4. The van der Waals surface area contributed by atoms with Gasteiger partial charge in [0.1, 0.15) is 18.9 Å². The van der Waals surface area contributed by atoms with E-state index in [-0.39, 0.29) is 47.9 Å². The number of rotatable bonds is 4. The molecule has 0 spiro atoms. The number of sulfone groups is 1. The summed E-state index contributed by atoms with van der Waals surface area (Å²) < 4.78 is 34.5. The van der Waals surface area contributed by atoms with Gasteiger partial charge in [0, 0.05) is 12.8 Å². The van der Waals surface area contributed by atoms with Crippen molar-refractivity contribution in [1.29, 1.82) is 0 Å². The molecule has 0 aromatic heterocycles. The lowest BCUT2D eigenvalue weighted by Gasteiger charge is -2.28. The number of nitrogens with one attached hydrogen (secondary N) is 1. The Morgan fingerprint density at radius 2 is 2.00 bits per heavy atom. The van der Waals surface area contributed by atoms with Crippen LogP contribution in [0.2, 0.25) is 0 Å². The van der Waals surface area contributed by atoms with Gasteiger partial charge in [-0.2, -0.15) is 5.10 Å². The van der Waals surface area contributed by atoms with E-state index in [2.05, 4.69) is 10.4 Å². The number of carbonyl (C=O) groups excluding carboxylic acids is 2. The number of hydrogen-bond acceptors (Lipinski definition) is 7. The predicted octanol–water partition coefficient (Wildman–Crippen LogP) is 0.800. The van der Waals surface area contributed by atoms with Gasteiger partial charge in [0.2, 0.25) is 5.91 Å². The van der Waals surface area contributed by atoms with Gasteiger partial charge in [-0.15, -0.1) is 0 Å². The van der Waals surface area contributed by atoms with Crippen LogP contribution >= 0.6 is 0 Å². The number of amides is 2. The lowest BCUT2D eigenvalue weighted by Crippen LogP contribution is -2.44. The van der Waals surface area contributed by atoms with Crippen LogP contribution in [0.15, 0.2) is 23.3 Å². The van der Waals surface area contributed by atoms with Gasteiger partial charge >= 0.3 is 0 Å². The maximum absolute atomic E-state index is 12.7. The zero-order valence-corrected chi connectivity index (χ0v) is 16.9. The first kappa shape index (κ1) is 19.7. The van der Waals surface area contributed by atoms with Crippen LogP contribution in [0.1, 0.15) is 37.8 Å². The molecule has 2 amide bonds. The molecule has 0 saturated carbocycles. The third-order valence-corrected chi connectivity index (χ3v) is 7.04. The Labute approximate surface area is 169 Å². The van der Waals surface area contributed by atoms with Crippen LogP contribution in [0.3, 0.4) is 0 Å².